The summed E-state index contributed by atoms with van der Waals surface area (Å²) in [7, 11) is 0. The van der Waals surface area contributed by atoms with Gasteiger partial charge >= 0.3 is 0 Å². The molecule has 5 nitrogen and oxygen atoms in total. The molecule has 0 bridgehead atoms. The molecule has 0 aliphatic heterocycles. The van der Waals surface area contributed by atoms with Crippen LogP contribution in [0.15, 0.2) is 88.3 Å². The van der Waals surface area contributed by atoms with Crippen LogP contribution in [-0.2, 0) is 11.2 Å². The van der Waals surface area contributed by atoms with Crippen molar-refractivity contribution < 1.29 is 9.53 Å². The van der Waals surface area contributed by atoms with Gasteiger partial charge in [-0.2, -0.15) is 5.10 Å². The van der Waals surface area contributed by atoms with Crippen LogP contribution in [0, 0.1) is 0 Å². The van der Waals surface area contributed by atoms with Crippen molar-refractivity contribution in [1.82, 2.24) is 10.4 Å². The number of carbonyl (C=O) groups excluding carboxylic acids is 1. The lowest BCUT2D eigenvalue weighted by Crippen LogP contribution is -2.19. The maximum absolute atomic E-state index is 12.0. The second kappa shape index (κ2) is 10.7. The number of nitrogens with zero attached hydrogens (tertiary/aromatic N) is 2. The average molecular weight is 448 g/mol. The molecule has 4 rings (SSSR count). The van der Waals surface area contributed by atoms with E-state index in [2.05, 4.69) is 27.6 Å². The van der Waals surface area contributed by atoms with Gasteiger partial charge in [0, 0.05) is 6.42 Å². The minimum Gasteiger partial charge on any atom is -0.493 e. The van der Waals surface area contributed by atoms with E-state index in [9.17, 15) is 4.79 Å². The number of rotatable bonds is 9. The monoisotopic (exact) mass is 447 g/mol. The number of fused-ring (bicyclic) bond motifs is 1. The Balaban J connectivity index is 1.19. The first kappa shape index (κ1) is 21.1. The van der Waals surface area contributed by atoms with Gasteiger partial charge < -0.3 is 4.74 Å². The number of carbonyl (C=O) groups is 1. The molecule has 1 N–H and O–H groups in total. The highest BCUT2D eigenvalue weighted by molar-refractivity contribution is 8.01. The fourth-order valence-corrected chi connectivity index (χ4v) is 4.69. The third kappa shape index (κ3) is 6.41. The zero-order valence-corrected chi connectivity index (χ0v) is 18.4. The molecule has 0 unspecified atom stereocenters. The molecule has 0 spiro atoms. The van der Waals surface area contributed by atoms with E-state index in [0.717, 1.165) is 32.3 Å². The van der Waals surface area contributed by atoms with Gasteiger partial charge in [0.1, 0.15) is 5.75 Å². The van der Waals surface area contributed by atoms with Crippen molar-refractivity contribution in [3.05, 3.63) is 90.0 Å². The summed E-state index contributed by atoms with van der Waals surface area (Å²) in [5.41, 5.74) is 5.65. The van der Waals surface area contributed by atoms with Gasteiger partial charge in [0.15, 0.2) is 4.34 Å². The Bertz CT molecular complexity index is 1130. The number of benzene rings is 3. The molecule has 1 heterocycles. The van der Waals surface area contributed by atoms with E-state index in [1.807, 2.05) is 66.7 Å². The minimum atomic E-state index is -0.165. The summed E-state index contributed by atoms with van der Waals surface area (Å²) in [6, 6.07) is 25.8. The molecule has 0 aliphatic carbocycles. The summed E-state index contributed by atoms with van der Waals surface area (Å²) < 4.78 is 7.78. The third-order valence-corrected chi connectivity index (χ3v) is 6.57. The fraction of sp³-hybridized carbons (Fsp3) is 0.125. The van der Waals surface area contributed by atoms with Gasteiger partial charge in [-0.25, -0.2) is 10.4 Å². The van der Waals surface area contributed by atoms with Crippen LogP contribution in [0.5, 0.6) is 5.75 Å². The lowest BCUT2D eigenvalue weighted by Gasteiger charge is -2.06. The van der Waals surface area contributed by atoms with Crippen molar-refractivity contribution in [3.63, 3.8) is 0 Å². The second-order valence-electron chi connectivity index (χ2n) is 6.68. The predicted molar refractivity (Wildman–Crippen MR) is 128 cm³/mol. The molecule has 0 atom stereocenters. The molecule has 1 amide bonds. The summed E-state index contributed by atoms with van der Waals surface area (Å²) in [5, 5.41) is 4.03. The highest BCUT2D eigenvalue weighted by atomic mass is 32.2. The zero-order chi connectivity index (χ0) is 21.3. The first-order valence-electron chi connectivity index (χ1n) is 9.83. The van der Waals surface area contributed by atoms with Crippen LogP contribution < -0.4 is 10.2 Å². The van der Waals surface area contributed by atoms with Crippen molar-refractivity contribution in [1.29, 1.82) is 0 Å². The Morgan fingerprint density at radius 2 is 1.81 bits per heavy atom. The van der Waals surface area contributed by atoms with Crippen LogP contribution in [0.4, 0.5) is 0 Å². The predicted octanol–water partition coefficient (Wildman–Crippen LogP) is 5.16. The number of amides is 1. The highest BCUT2D eigenvalue weighted by Gasteiger charge is 2.07. The summed E-state index contributed by atoms with van der Waals surface area (Å²) >= 11 is 3.00. The number of hydrazone groups is 1. The molecule has 7 heteroatoms. The van der Waals surface area contributed by atoms with E-state index in [1.165, 1.54) is 17.3 Å². The quantitative estimate of drug-likeness (QED) is 0.219. The van der Waals surface area contributed by atoms with Crippen LogP contribution in [0.1, 0.15) is 11.1 Å². The largest absolute Gasteiger partial charge is 0.493 e. The van der Waals surface area contributed by atoms with Crippen LogP contribution in [0.25, 0.3) is 10.2 Å². The Labute approximate surface area is 189 Å². The van der Waals surface area contributed by atoms with Crippen molar-refractivity contribution in [3.8, 4) is 5.75 Å². The van der Waals surface area contributed by atoms with Gasteiger partial charge in [-0.3, -0.25) is 4.79 Å². The molecule has 156 valence electrons. The van der Waals surface area contributed by atoms with Crippen molar-refractivity contribution in [2.45, 2.75) is 10.8 Å². The molecule has 0 saturated heterocycles. The van der Waals surface area contributed by atoms with Crippen molar-refractivity contribution >= 4 is 45.4 Å². The molecule has 3 aromatic carbocycles. The van der Waals surface area contributed by atoms with Crippen LogP contribution >= 0.6 is 23.1 Å². The maximum atomic E-state index is 12.0. The van der Waals surface area contributed by atoms with E-state index in [1.54, 1.807) is 17.6 Å². The topological polar surface area (TPSA) is 63.6 Å². The number of aromatic nitrogens is 1. The molecule has 0 fully saturated rings. The molecular formula is C24H21N3O2S2. The molecule has 4 aromatic rings. The van der Waals surface area contributed by atoms with Crippen LogP contribution in [0.3, 0.4) is 0 Å². The van der Waals surface area contributed by atoms with Gasteiger partial charge in [-0.1, -0.05) is 54.2 Å². The molecule has 0 radical (unpaired) electrons. The van der Waals surface area contributed by atoms with E-state index < -0.39 is 0 Å². The van der Waals surface area contributed by atoms with E-state index >= 15 is 0 Å². The standard InChI is InChI=1S/C24H21N3O2S2/c28-23(17-30-24-26-21-8-4-5-9-22(21)31-24)27-25-16-19-10-12-20(13-11-19)29-15-14-18-6-2-1-3-7-18/h1-13,16H,14-15,17H2,(H,27,28)/b25-16+. The first-order valence-corrected chi connectivity index (χ1v) is 11.6. The number of thioether (sulfide) groups is 1. The van der Waals surface area contributed by atoms with Gasteiger partial charge in [0.25, 0.3) is 5.91 Å². The number of hydrogen-bond acceptors (Lipinski definition) is 6. The van der Waals surface area contributed by atoms with Crippen molar-refractivity contribution in [2.75, 3.05) is 12.4 Å². The maximum Gasteiger partial charge on any atom is 0.250 e. The summed E-state index contributed by atoms with van der Waals surface area (Å²) in [6.45, 7) is 0.625. The van der Waals surface area contributed by atoms with Gasteiger partial charge in [0.2, 0.25) is 0 Å². The SMILES string of the molecule is O=C(CSc1nc2ccccc2s1)N/N=C/c1ccc(OCCc2ccccc2)cc1. The Morgan fingerprint density at radius 3 is 2.61 bits per heavy atom. The number of hydrogen-bond donors (Lipinski definition) is 1. The van der Waals surface area contributed by atoms with Crippen molar-refractivity contribution in [2.24, 2.45) is 5.10 Å². The molecule has 31 heavy (non-hydrogen) atoms. The lowest BCUT2D eigenvalue weighted by molar-refractivity contribution is -0.118. The summed E-state index contributed by atoms with van der Waals surface area (Å²) in [6.07, 6.45) is 2.49. The first-order chi connectivity index (χ1) is 15.3. The normalized spacial score (nSPS) is 11.1. The van der Waals surface area contributed by atoms with E-state index in [4.69, 9.17) is 4.74 Å². The third-order valence-electron chi connectivity index (χ3n) is 4.39. The Morgan fingerprint density at radius 1 is 1.03 bits per heavy atom. The lowest BCUT2D eigenvalue weighted by atomic mass is 10.2. The highest BCUT2D eigenvalue weighted by Crippen LogP contribution is 2.29. The molecular weight excluding hydrogens is 426 g/mol. The van der Waals surface area contributed by atoms with Crippen LogP contribution in [0.2, 0.25) is 0 Å². The zero-order valence-electron chi connectivity index (χ0n) is 16.7. The minimum absolute atomic E-state index is 0.165. The van der Waals surface area contributed by atoms with Gasteiger partial charge in [-0.15, -0.1) is 11.3 Å². The summed E-state index contributed by atoms with van der Waals surface area (Å²) in [5.74, 6) is 0.913. The average Bonchev–Trinajstić information content (AvgIpc) is 3.23. The van der Waals surface area contributed by atoms with Crippen LogP contribution in [-0.4, -0.2) is 29.5 Å². The molecule has 1 aromatic heterocycles. The second-order valence-corrected chi connectivity index (χ2v) is 8.94. The molecule has 0 saturated carbocycles. The number of thiazole rings is 1. The fourth-order valence-electron chi connectivity index (χ4n) is 2.83. The number of para-hydroxylation sites is 1. The number of nitrogens with one attached hydrogen (secondary N) is 1. The Kier molecular flexibility index (Phi) is 7.31. The van der Waals surface area contributed by atoms with E-state index in [0.29, 0.717) is 6.61 Å². The van der Waals surface area contributed by atoms with E-state index in [-0.39, 0.29) is 11.7 Å². The Hall–Kier alpha value is -3.16. The number of ether oxygens (including phenoxy) is 1. The van der Waals surface area contributed by atoms with Gasteiger partial charge in [0.05, 0.1) is 28.8 Å². The molecule has 0 aliphatic rings. The van der Waals surface area contributed by atoms with Gasteiger partial charge in [-0.05, 0) is 47.5 Å². The summed E-state index contributed by atoms with van der Waals surface area (Å²) in [4.78, 5) is 16.5. The smallest absolute Gasteiger partial charge is 0.250 e.